The minimum Gasteiger partial charge on any atom is -0.354 e. The van der Waals surface area contributed by atoms with Gasteiger partial charge < -0.3 is 5.32 Å². The highest BCUT2D eigenvalue weighted by molar-refractivity contribution is 7.89. The van der Waals surface area contributed by atoms with Gasteiger partial charge in [-0.25, -0.2) is 12.7 Å². The molecule has 0 radical (unpaired) electrons. The molecule has 0 saturated carbocycles. The second-order valence-corrected chi connectivity index (χ2v) is 5.87. The second-order valence-electron chi connectivity index (χ2n) is 3.57. The van der Waals surface area contributed by atoms with Crippen LogP contribution in [0.2, 0.25) is 0 Å². The van der Waals surface area contributed by atoms with E-state index in [-0.39, 0.29) is 24.1 Å². The van der Waals surface area contributed by atoms with E-state index in [2.05, 4.69) is 5.32 Å². The van der Waals surface area contributed by atoms with Crippen LogP contribution in [0.1, 0.15) is 20.3 Å². The highest BCUT2D eigenvalue weighted by atomic mass is 32.2. The molecule has 0 aromatic heterocycles. The number of rotatable bonds is 5. The van der Waals surface area contributed by atoms with Gasteiger partial charge in [0.2, 0.25) is 15.9 Å². The van der Waals surface area contributed by atoms with E-state index in [1.807, 2.05) is 13.8 Å². The molecule has 0 fully saturated rings. The van der Waals surface area contributed by atoms with Crippen LogP contribution in [0.3, 0.4) is 0 Å². The van der Waals surface area contributed by atoms with Crippen molar-refractivity contribution in [3.05, 3.63) is 0 Å². The van der Waals surface area contributed by atoms with E-state index < -0.39 is 10.0 Å². The largest absolute Gasteiger partial charge is 0.354 e. The van der Waals surface area contributed by atoms with Crippen molar-refractivity contribution >= 4 is 15.9 Å². The summed E-state index contributed by atoms with van der Waals surface area (Å²) in [6.07, 6.45) is 0.0126. The van der Waals surface area contributed by atoms with Gasteiger partial charge in [-0.2, -0.15) is 0 Å². The summed E-state index contributed by atoms with van der Waals surface area (Å²) in [6.45, 7) is 3.66. The van der Waals surface area contributed by atoms with E-state index in [4.69, 9.17) is 0 Å². The van der Waals surface area contributed by atoms with Gasteiger partial charge in [0.05, 0.1) is 5.75 Å². The number of sulfonamides is 1. The summed E-state index contributed by atoms with van der Waals surface area (Å²) >= 11 is 0. The molecule has 1 N–H and O–H groups in total. The molecule has 0 rings (SSSR count). The Bertz CT molecular complexity index is 283. The molecule has 0 spiro atoms. The number of hydrogen-bond donors (Lipinski definition) is 1. The Labute approximate surface area is 85.5 Å². The molecule has 0 aliphatic carbocycles. The molecule has 84 valence electrons. The molecule has 0 heterocycles. The monoisotopic (exact) mass is 222 g/mol. The number of nitrogens with zero attached hydrogens (tertiary/aromatic N) is 1. The third-order valence-electron chi connectivity index (χ3n) is 1.59. The van der Waals surface area contributed by atoms with Gasteiger partial charge in [-0.1, -0.05) is 0 Å². The molecule has 0 aliphatic heterocycles. The van der Waals surface area contributed by atoms with Crippen LogP contribution < -0.4 is 5.32 Å². The fraction of sp³-hybridized carbons (Fsp3) is 0.875. The minimum atomic E-state index is -3.26. The Morgan fingerprint density at radius 3 is 2.21 bits per heavy atom. The highest BCUT2D eigenvalue weighted by Crippen LogP contribution is 1.97. The first-order valence-corrected chi connectivity index (χ1v) is 6.06. The Kier molecular flexibility index (Phi) is 5.07. The van der Waals surface area contributed by atoms with E-state index in [1.165, 1.54) is 14.1 Å². The van der Waals surface area contributed by atoms with Gasteiger partial charge in [-0.3, -0.25) is 4.79 Å². The van der Waals surface area contributed by atoms with Gasteiger partial charge in [0.25, 0.3) is 0 Å². The van der Waals surface area contributed by atoms with Crippen molar-refractivity contribution in [2.75, 3.05) is 19.8 Å². The lowest BCUT2D eigenvalue weighted by molar-refractivity contribution is -0.121. The summed E-state index contributed by atoms with van der Waals surface area (Å²) in [7, 11) is -0.348. The van der Waals surface area contributed by atoms with Crippen LogP contribution in [0.15, 0.2) is 0 Å². The van der Waals surface area contributed by atoms with Crippen molar-refractivity contribution in [1.82, 2.24) is 9.62 Å². The van der Waals surface area contributed by atoms with Crippen LogP contribution in [0.5, 0.6) is 0 Å². The molecule has 0 aliphatic rings. The van der Waals surface area contributed by atoms with Crippen molar-refractivity contribution in [2.24, 2.45) is 0 Å². The number of carbonyl (C=O) groups excluding carboxylic acids is 1. The van der Waals surface area contributed by atoms with Crippen molar-refractivity contribution in [1.29, 1.82) is 0 Å². The van der Waals surface area contributed by atoms with Crippen LogP contribution in [0.25, 0.3) is 0 Å². The molecular formula is C8H18N2O3S. The number of carbonyl (C=O) groups is 1. The Balaban J connectivity index is 4.01. The zero-order chi connectivity index (χ0) is 11.4. The Morgan fingerprint density at radius 1 is 1.36 bits per heavy atom. The molecule has 0 aromatic carbocycles. The highest BCUT2D eigenvalue weighted by Gasteiger charge is 2.15. The molecule has 14 heavy (non-hydrogen) atoms. The normalized spacial score (nSPS) is 12.1. The maximum Gasteiger partial charge on any atom is 0.221 e. The average molecular weight is 222 g/mol. The van der Waals surface area contributed by atoms with Crippen LogP contribution in [0, 0.1) is 0 Å². The first kappa shape index (κ1) is 13.4. The first-order chi connectivity index (χ1) is 6.25. The van der Waals surface area contributed by atoms with Crippen molar-refractivity contribution in [2.45, 2.75) is 26.3 Å². The van der Waals surface area contributed by atoms with Crippen molar-refractivity contribution in [3.8, 4) is 0 Å². The Hall–Kier alpha value is -0.620. The number of amides is 1. The molecule has 0 unspecified atom stereocenters. The smallest absolute Gasteiger partial charge is 0.221 e. The van der Waals surface area contributed by atoms with E-state index in [9.17, 15) is 13.2 Å². The number of nitrogens with one attached hydrogen (secondary N) is 1. The summed E-state index contributed by atoms with van der Waals surface area (Å²) < 4.78 is 23.7. The molecule has 0 aromatic rings. The lowest BCUT2D eigenvalue weighted by atomic mass is 10.3. The summed E-state index contributed by atoms with van der Waals surface area (Å²) in [5, 5.41) is 2.63. The van der Waals surface area contributed by atoms with Crippen LogP contribution >= 0.6 is 0 Å². The summed E-state index contributed by atoms with van der Waals surface area (Å²) in [5.41, 5.74) is 0. The lowest BCUT2D eigenvalue weighted by Crippen LogP contribution is -2.33. The minimum absolute atomic E-state index is 0.0126. The van der Waals surface area contributed by atoms with Crippen LogP contribution in [-0.4, -0.2) is 44.5 Å². The van der Waals surface area contributed by atoms with Crippen molar-refractivity contribution in [3.63, 3.8) is 0 Å². The molecular weight excluding hydrogens is 204 g/mol. The number of hydrogen-bond acceptors (Lipinski definition) is 3. The summed E-state index contributed by atoms with van der Waals surface area (Å²) in [6, 6.07) is 0.0459. The maximum atomic E-state index is 11.3. The van der Waals surface area contributed by atoms with Gasteiger partial charge in [-0.15, -0.1) is 0 Å². The van der Waals surface area contributed by atoms with E-state index in [1.54, 1.807) is 0 Å². The predicted molar refractivity (Wildman–Crippen MR) is 55.4 cm³/mol. The molecule has 5 nitrogen and oxygen atoms in total. The zero-order valence-corrected chi connectivity index (χ0v) is 9.89. The molecule has 0 saturated heterocycles. The third kappa shape index (κ3) is 5.18. The zero-order valence-electron chi connectivity index (χ0n) is 9.07. The lowest BCUT2D eigenvalue weighted by Gasteiger charge is -2.12. The standard InChI is InChI=1S/C8H18N2O3S/c1-7(2)9-8(11)5-6-14(12,13)10(3)4/h7H,5-6H2,1-4H3,(H,9,11). The van der Waals surface area contributed by atoms with E-state index in [0.29, 0.717) is 0 Å². The molecule has 6 heteroatoms. The SMILES string of the molecule is CC(C)NC(=O)CCS(=O)(=O)N(C)C. The van der Waals surface area contributed by atoms with E-state index in [0.717, 1.165) is 4.31 Å². The fourth-order valence-electron chi connectivity index (χ4n) is 0.798. The summed E-state index contributed by atoms with van der Waals surface area (Å²) in [5.74, 6) is -0.371. The van der Waals surface area contributed by atoms with Gasteiger partial charge in [-0.05, 0) is 13.8 Å². The van der Waals surface area contributed by atoms with Gasteiger partial charge in [0, 0.05) is 26.6 Å². The van der Waals surface area contributed by atoms with Gasteiger partial charge in [0.1, 0.15) is 0 Å². The topological polar surface area (TPSA) is 66.5 Å². The quantitative estimate of drug-likeness (QED) is 0.700. The van der Waals surface area contributed by atoms with E-state index >= 15 is 0 Å². The molecule has 0 bridgehead atoms. The average Bonchev–Trinajstić information content (AvgIpc) is 1.99. The van der Waals surface area contributed by atoms with Gasteiger partial charge in [0.15, 0.2) is 0 Å². The third-order valence-corrected chi connectivity index (χ3v) is 3.43. The molecule has 0 atom stereocenters. The predicted octanol–water partition coefficient (Wildman–Crippen LogP) is -0.207. The van der Waals surface area contributed by atoms with Crippen LogP contribution in [0.4, 0.5) is 0 Å². The first-order valence-electron chi connectivity index (χ1n) is 4.45. The molecule has 1 amide bonds. The second kappa shape index (κ2) is 5.31. The maximum absolute atomic E-state index is 11.3. The van der Waals surface area contributed by atoms with Crippen molar-refractivity contribution < 1.29 is 13.2 Å². The summed E-state index contributed by atoms with van der Waals surface area (Å²) in [4.78, 5) is 11.1. The van der Waals surface area contributed by atoms with Crippen LogP contribution in [-0.2, 0) is 14.8 Å². The fourth-order valence-corrected chi connectivity index (χ4v) is 1.61. The van der Waals surface area contributed by atoms with Gasteiger partial charge >= 0.3 is 0 Å². The Morgan fingerprint density at radius 2 is 1.86 bits per heavy atom.